The van der Waals surface area contributed by atoms with Crippen molar-refractivity contribution in [1.82, 2.24) is 4.90 Å². The molecule has 0 aliphatic carbocycles. The van der Waals surface area contributed by atoms with E-state index in [0.717, 1.165) is 17.7 Å². The quantitative estimate of drug-likeness (QED) is 0.847. The van der Waals surface area contributed by atoms with Gasteiger partial charge in [-0.05, 0) is 29.7 Å². The van der Waals surface area contributed by atoms with Crippen LogP contribution in [0.25, 0.3) is 0 Å². The summed E-state index contributed by atoms with van der Waals surface area (Å²) in [7, 11) is 4.81. The third kappa shape index (κ3) is 3.51. The van der Waals surface area contributed by atoms with Crippen molar-refractivity contribution in [2.24, 2.45) is 5.73 Å². The lowest BCUT2D eigenvalue weighted by Gasteiger charge is -2.30. The van der Waals surface area contributed by atoms with Crippen molar-refractivity contribution in [2.45, 2.75) is 25.5 Å². The second-order valence-electron chi connectivity index (χ2n) is 5.34. The minimum absolute atomic E-state index is 0.0673. The summed E-state index contributed by atoms with van der Waals surface area (Å²) in [5.74, 6) is 1.48. The van der Waals surface area contributed by atoms with Crippen LogP contribution >= 0.6 is 0 Å². The van der Waals surface area contributed by atoms with Crippen molar-refractivity contribution in [3.63, 3.8) is 0 Å². The Labute approximate surface area is 131 Å². The molecule has 0 saturated heterocycles. The zero-order chi connectivity index (χ0) is 16.1. The van der Waals surface area contributed by atoms with Crippen LogP contribution in [-0.4, -0.2) is 51.3 Å². The number of fused-ring (bicyclic) bond motifs is 1. The topological polar surface area (TPSA) is 74.0 Å². The van der Waals surface area contributed by atoms with Crippen molar-refractivity contribution >= 4 is 5.91 Å². The Hall–Kier alpha value is -1.79. The SMILES string of the molecule is COc1cc2c(cc1OC)CN(C(=O)CC(CN)OC)CC2. The molecular formula is C16H24N2O4. The van der Waals surface area contributed by atoms with Crippen molar-refractivity contribution in [3.8, 4) is 11.5 Å². The van der Waals surface area contributed by atoms with Gasteiger partial charge in [0.25, 0.3) is 0 Å². The first kappa shape index (κ1) is 16.6. The predicted molar refractivity (Wildman–Crippen MR) is 83.1 cm³/mol. The Balaban J connectivity index is 2.12. The molecule has 1 heterocycles. The molecule has 0 radical (unpaired) electrons. The molecule has 1 aliphatic heterocycles. The van der Waals surface area contributed by atoms with Crippen LogP contribution in [-0.2, 0) is 22.5 Å². The first-order valence-corrected chi connectivity index (χ1v) is 7.37. The lowest BCUT2D eigenvalue weighted by atomic mass is 9.98. The number of carbonyl (C=O) groups excluding carboxylic acids is 1. The minimum atomic E-state index is -0.223. The number of methoxy groups -OCH3 is 3. The highest BCUT2D eigenvalue weighted by molar-refractivity contribution is 5.77. The van der Waals surface area contributed by atoms with Crippen LogP contribution in [0.1, 0.15) is 17.5 Å². The fourth-order valence-electron chi connectivity index (χ4n) is 2.68. The molecule has 0 aromatic heterocycles. The predicted octanol–water partition coefficient (Wildman–Crippen LogP) is 0.952. The number of amides is 1. The maximum absolute atomic E-state index is 12.3. The number of hydrogen-bond donors (Lipinski definition) is 1. The van der Waals surface area contributed by atoms with Crippen molar-refractivity contribution < 1.29 is 19.0 Å². The van der Waals surface area contributed by atoms with Gasteiger partial charge in [-0.3, -0.25) is 4.79 Å². The Kier molecular flexibility index (Phi) is 5.63. The summed E-state index contributed by atoms with van der Waals surface area (Å²) in [6, 6.07) is 3.94. The van der Waals surface area contributed by atoms with Crippen LogP contribution in [0, 0.1) is 0 Å². The molecule has 1 aromatic carbocycles. The molecule has 2 N–H and O–H groups in total. The fraction of sp³-hybridized carbons (Fsp3) is 0.562. The number of hydrogen-bond acceptors (Lipinski definition) is 5. The van der Waals surface area contributed by atoms with Gasteiger partial charge in [-0.2, -0.15) is 0 Å². The molecule has 1 aromatic rings. The Morgan fingerprint density at radius 1 is 1.23 bits per heavy atom. The largest absolute Gasteiger partial charge is 0.493 e. The van der Waals surface area contributed by atoms with E-state index in [2.05, 4.69) is 0 Å². The summed E-state index contributed by atoms with van der Waals surface area (Å²) in [6.45, 7) is 1.62. The van der Waals surface area contributed by atoms with E-state index in [1.807, 2.05) is 17.0 Å². The Morgan fingerprint density at radius 3 is 2.41 bits per heavy atom. The van der Waals surface area contributed by atoms with Crippen LogP contribution in [0.3, 0.4) is 0 Å². The molecule has 1 unspecified atom stereocenters. The number of nitrogens with zero attached hydrogens (tertiary/aromatic N) is 1. The minimum Gasteiger partial charge on any atom is -0.493 e. The first-order chi connectivity index (χ1) is 10.6. The summed E-state index contributed by atoms with van der Waals surface area (Å²) >= 11 is 0. The van der Waals surface area contributed by atoms with Gasteiger partial charge in [0.05, 0.1) is 26.7 Å². The van der Waals surface area contributed by atoms with Gasteiger partial charge in [-0.1, -0.05) is 0 Å². The van der Waals surface area contributed by atoms with E-state index in [1.54, 1.807) is 21.3 Å². The second kappa shape index (κ2) is 7.47. The monoisotopic (exact) mass is 308 g/mol. The van der Waals surface area contributed by atoms with Crippen LogP contribution < -0.4 is 15.2 Å². The van der Waals surface area contributed by atoms with Gasteiger partial charge in [0, 0.05) is 26.7 Å². The average Bonchev–Trinajstić information content (AvgIpc) is 2.57. The molecule has 1 aliphatic rings. The lowest BCUT2D eigenvalue weighted by molar-refractivity contribution is -0.134. The highest BCUT2D eigenvalue weighted by Crippen LogP contribution is 2.33. The molecule has 2 rings (SSSR count). The zero-order valence-corrected chi connectivity index (χ0v) is 13.4. The summed E-state index contributed by atoms with van der Waals surface area (Å²) in [4.78, 5) is 14.2. The van der Waals surface area contributed by atoms with Gasteiger partial charge in [0.15, 0.2) is 11.5 Å². The molecule has 1 atom stereocenters. The number of rotatable bonds is 6. The first-order valence-electron chi connectivity index (χ1n) is 7.37. The lowest BCUT2D eigenvalue weighted by Crippen LogP contribution is -2.39. The van der Waals surface area contributed by atoms with Gasteiger partial charge >= 0.3 is 0 Å². The number of benzene rings is 1. The molecule has 122 valence electrons. The molecule has 1 amide bonds. The average molecular weight is 308 g/mol. The van der Waals surface area contributed by atoms with Crippen LogP contribution in [0.2, 0.25) is 0 Å². The number of ether oxygens (including phenoxy) is 3. The molecule has 6 nitrogen and oxygen atoms in total. The van der Waals surface area contributed by atoms with Gasteiger partial charge in [-0.25, -0.2) is 0 Å². The van der Waals surface area contributed by atoms with E-state index in [1.165, 1.54) is 5.56 Å². The van der Waals surface area contributed by atoms with E-state index >= 15 is 0 Å². The molecule has 0 fully saturated rings. The maximum atomic E-state index is 12.3. The zero-order valence-electron chi connectivity index (χ0n) is 13.4. The molecule has 0 saturated carbocycles. The molecule has 6 heteroatoms. The van der Waals surface area contributed by atoms with Gasteiger partial charge < -0.3 is 24.8 Å². The van der Waals surface area contributed by atoms with Crippen molar-refractivity contribution in [3.05, 3.63) is 23.3 Å². The molecule has 0 bridgehead atoms. The Bertz CT molecular complexity index is 529. The standard InChI is InChI=1S/C16H24N2O4/c1-20-13(9-17)8-16(19)18-5-4-11-6-14(21-2)15(22-3)7-12(11)10-18/h6-7,13H,4-5,8-10,17H2,1-3H3. The highest BCUT2D eigenvalue weighted by atomic mass is 16.5. The fourth-order valence-corrected chi connectivity index (χ4v) is 2.68. The van der Waals surface area contributed by atoms with E-state index in [0.29, 0.717) is 31.8 Å². The highest BCUT2D eigenvalue weighted by Gasteiger charge is 2.24. The summed E-state index contributed by atoms with van der Waals surface area (Å²) in [5.41, 5.74) is 7.88. The smallest absolute Gasteiger partial charge is 0.225 e. The number of nitrogens with two attached hydrogens (primary N) is 1. The van der Waals surface area contributed by atoms with Gasteiger partial charge in [0.1, 0.15) is 0 Å². The molecule has 22 heavy (non-hydrogen) atoms. The van der Waals surface area contributed by atoms with Gasteiger partial charge in [-0.15, -0.1) is 0 Å². The van der Waals surface area contributed by atoms with E-state index in [9.17, 15) is 4.79 Å². The third-order valence-electron chi connectivity index (χ3n) is 4.07. The molecular weight excluding hydrogens is 284 g/mol. The third-order valence-corrected chi connectivity index (χ3v) is 4.07. The van der Waals surface area contributed by atoms with Crippen LogP contribution in [0.4, 0.5) is 0 Å². The van der Waals surface area contributed by atoms with Crippen LogP contribution in [0.5, 0.6) is 11.5 Å². The van der Waals surface area contributed by atoms with Crippen molar-refractivity contribution in [2.75, 3.05) is 34.4 Å². The second-order valence-corrected chi connectivity index (χ2v) is 5.34. The Morgan fingerprint density at radius 2 is 1.86 bits per heavy atom. The van der Waals surface area contributed by atoms with E-state index < -0.39 is 0 Å². The number of carbonyl (C=O) groups is 1. The summed E-state index contributed by atoms with van der Waals surface area (Å²) in [6.07, 6.45) is 0.899. The summed E-state index contributed by atoms with van der Waals surface area (Å²) < 4.78 is 15.8. The van der Waals surface area contributed by atoms with Gasteiger partial charge in [0.2, 0.25) is 5.91 Å². The van der Waals surface area contributed by atoms with E-state index in [-0.39, 0.29) is 12.0 Å². The van der Waals surface area contributed by atoms with E-state index in [4.69, 9.17) is 19.9 Å². The summed E-state index contributed by atoms with van der Waals surface area (Å²) in [5, 5.41) is 0. The normalized spacial score (nSPS) is 15.2. The molecule has 0 spiro atoms. The van der Waals surface area contributed by atoms with Crippen molar-refractivity contribution in [1.29, 1.82) is 0 Å². The maximum Gasteiger partial charge on any atom is 0.225 e. The van der Waals surface area contributed by atoms with Crippen LogP contribution in [0.15, 0.2) is 12.1 Å².